The van der Waals surface area contributed by atoms with E-state index >= 15 is 0 Å². The van der Waals surface area contributed by atoms with Gasteiger partial charge in [0.25, 0.3) is 0 Å². The van der Waals surface area contributed by atoms with Crippen LogP contribution in [0, 0.1) is 6.92 Å². The summed E-state index contributed by atoms with van der Waals surface area (Å²) >= 11 is 6.15. The third-order valence-corrected chi connectivity index (χ3v) is 5.01. The monoisotopic (exact) mass is 440 g/mol. The van der Waals surface area contributed by atoms with Crippen molar-refractivity contribution in [2.24, 2.45) is 0 Å². The van der Waals surface area contributed by atoms with E-state index in [1.54, 1.807) is 12.3 Å². The van der Waals surface area contributed by atoms with Gasteiger partial charge in [-0.15, -0.1) is 0 Å². The minimum absolute atomic E-state index is 0.0662. The molecule has 31 heavy (non-hydrogen) atoms. The van der Waals surface area contributed by atoms with Crippen LogP contribution in [0.25, 0.3) is 11.3 Å². The van der Waals surface area contributed by atoms with Gasteiger partial charge in [-0.05, 0) is 31.0 Å². The predicted molar refractivity (Wildman–Crippen MR) is 119 cm³/mol. The van der Waals surface area contributed by atoms with Crippen LogP contribution < -0.4 is 5.32 Å². The first-order valence-corrected chi connectivity index (χ1v) is 10.6. The van der Waals surface area contributed by atoms with Gasteiger partial charge >= 0.3 is 5.97 Å². The summed E-state index contributed by atoms with van der Waals surface area (Å²) in [6.07, 6.45) is 3.14. The number of nitrogens with one attached hydrogen (secondary N) is 1. The molecule has 0 aliphatic heterocycles. The fraction of sp³-hybridized carbons (Fsp3) is 0.292. The Morgan fingerprint density at radius 1 is 1.06 bits per heavy atom. The molecule has 1 N–H and O–H groups in total. The Morgan fingerprint density at radius 2 is 1.84 bits per heavy atom. The summed E-state index contributed by atoms with van der Waals surface area (Å²) in [5.74, 6) is 0.563. The van der Waals surface area contributed by atoms with Gasteiger partial charge in [-0.25, -0.2) is 4.98 Å². The van der Waals surface area contributed by atoms with E-state index in [1.165, 1.54) is 5.56 Å². The van der Waals surface area contributed by atoms with E-state index in [4.69, 9.17) is 20.8 Å². The topological polar surface area (TPSA) is 81.4 Å². The first-order chi connectivity index (χ1) is 15.0. The highest BCUT2D eigenvalue weighted by Crippen LogP contribution is 2.28. The molecule has 3 aromatic rings. The zero-order valence-corrected chi connectivity index (χ0v) is 18.2. The Balaban J connectivity index is 1.30. The lowest BCUT2D eigenvalue weighted by Gasteiger charge is -2.07. The Kier molecular flexibility index (Phi) is 8.24. The van der Waals surface area contributed by atoms with E-state index in [2.05, 4.69) is 10.3 Å². The maximum absolute atomic E-state index is 11.9. The Labute approximate surface area is 186 Å². The zero-order chi connectivity index (χ0) is 22.1. The molecule has 1 amide bonds. The van der Waals surface area contributed by atoms with Crippen LogP contribution in [0.2, 0.25) is 5.02 Å². The third-order valence-electron chi connectivity index (χ3n) is 4.68. The SMILES string of the molecule is Cc1ccc(CCC(=O)NCCOC(=O)CCc2ncc(-c3ccccc3Cl)o2)cc1. The number of benzene rings is 2. The minimum Gasteiger partial charge on any atom is -0.464 e. The van der Waals surface area contributed by atoms with Crippen LogP contribution in [0.15, 0.2) is 59.1 Å². The second-order valence-corrected chi connectivity index (χ2v) is 7.56. The molecule has 7 heteroatoms. The van der Waals surface area contributed by atoms with Gasteiger partial charge in [-0.1, -0.05) is 53.6 Å². The van der Waals surface area contributed by atoms with Crippen molar-refractivity contribution in [3.05, 3.63) is 76.8 Å². The van der Waals surface area contributed by atoms with Crippen LogP contribution in [-0.2, 0) is 27.2 Å². The molecule has 0 aliphatic carbocycles. The molecular weight excluding hydrogens is 416 g/mol. The number of carbonyl (C=O) groups is 2. The fourth-order valence-corrected chi connectivity index (χ4v) is 3.18. The van der Waals surface area contributed by atoms with E-state index < -0.39 is 0 Å². The lowest BCUT2D eigenvalue weighted by Crippen LogP contribution is -2.28. The van der Waals surface area contributed by atoms with Gasteiger partial charge in [-0.3, -0.25) is 9.59 Å². The summed E-state index contributed by atoms with van der Waals surface area (Å²) < 4.78 is 10.8. The van der Waals surface area contributed by atoms with Crippen molar-refractivity contribution in [2.45, 2.75) is 32.6 Å². The molecule has 0 fully saturated rings. The first kappa shape index (κ1) is 22.6. The van der Waals surface area contributed by atoms with Crippen LogP contribution in [-0.4, -0.2) is 30.0 Å². The largest absolute Gasteiger partial charge is 0.464 e. The normalized spacial score (nSPS) is 10.6. The molecule has 1 aromatic heterocycles. The lowest BCUT2D eigenvalue weighted by molar-refractivity contribution is -0.144. The molecule has 3 rings (SSSR count). The number of carbonyl (C=O) groups excluding carboxylic acids is 2. The second-order valence-electron chi connectivity index (χ2n) is 7.15. The van der Waals surface area contributed by atoms with Crippen molar-refractivity contribution >= 4 is 23.5 Å². The summed E-state index contributed by atoms with van der Waals surface area (Å²) in [4.78, 5) is 28.0. The van der Waals surface area contributed by atoms with Crippen LogP contribution >= 0.6 is 11.6 Å². The second kappa shape index (κ2) is 11.3. The highest BCUT2D eigenvalue weighted by Gasteiger charge is 2.12. The van der Waals surface area contributed by atoms with Crippen molar-refractivity contribution < 1.29 is 18.7 Å². The van der Waals surface area contributed by atoms with Crippen LogP contribution in [0.4, 0.5) is 0 Å². The average Bonchev–Trinajstić information content (AvgIpc) is 3.24. The van der Waals surface area contributed by atoms with Gasteiger partial charge in [0.1, 0.15) is 6.61 Å². The highest BCUT2D eigenvalue weighted by molar-refractivity contribution is 6.33. The van der Waals surface area contributed by atoms with Crippen molar-refractivity contribution in [3.8, 4) is 11.3 Å². The number of amides is 1. The molecule has 0 radical (unpaired) electrons. The molecule has 0 unspecified atom stereocenters. The number of aromatic nitrogens is 1. The van der Waals surface area contributed by atoms with Crippen molar-refractivity contribution in [1.82, 2.24) is 10.3 Å². The van der Waals surface area contributed by atoms with Gasteiger partial charge in [0, 0.05) is 18.4 Å². The Bertz CT molecular complexity index is 1010. The van der Waals surface area contributed by atoms with Crippen molar-refractivity contribution in [3.63, 3.8) is 0 Å². The number of aryl methyl sites for hydroxylation is 3. The first-order valence-electron chi connectivity index (χ1n) is 10.2. The maximum atomic E-state index is 11.9. The molecule has 1 heterocycles. The number of hydrogen-bond donors (Lipinski definition) is 1. The van der Waals surface area contributed by atoms with Crippen molar-refractivity contribution in [1.29, 1.82) is 0 Å². The average molecular weight is 441 g/mol. The number of ether oxygens (including phenoxy) is 1. The van der Waals surface area contributed by atoms with Crippen LogP contribution in [0.1, 0.15) is 29.9 Å². The van der Waals surface area contributed by atoms with E-state index in [1.807, 2.05) is 49.4 Å². The predicted octanol–water partition coefficient (Wildman–Crippen LogP) is 4.53. The molecule has 0 saturated carbocycles. The molecule has 162 valence electrons. The number of hydrogen-bond acceptors (Lipinski definition) is 5. The molecule has 2 aromatic carbocycles. The maximum Gasteiger partial charge on any atom is 0.306 e. The number of nitrogens with zero attached hydrogens (tertiary/aromatic N) is 1. The number of esters is 1. The number of rotatable bonds is 10. The lowest BCUT2D eigenvalue weighted by atomic mass is 10.1. The summed E-state index contributed by atoms with van der Waals surface area (Å²) in [5.41, 5.74) is 3.07. The zero-order valence-electron chi connectivity index (χ0n) is 17.4. The summed E-state index contributed by atoms with van der Waals surface area (Å²) in [6.45, 7) is 2.45. The van der Waals surface area contributed by atoms with E-state index in [9.17, 15) is 9.59 Å². The van der Waals surface area contributed by atoms with Gasteiger partial charge < -0.3 is 14.5 Å². The summed E-state index contributed by atoms with van der Waals surface area (Å²) in [6, 6.07) is 15.4. The van der Waals surface area contributed by atoms with Gasteiger partial charge in [-0.2, -0.15) is 0 Å². The molecule has 6 nitrogen and oxygen atoms in total. The van der Waals surface area contributed by atoms with Crippen LogP contribution in [0.3, 0.4) is 0 Å². The standard InChI is InChI=1S/C24H25ClN2O4/c1-17-6-8-18(9-7-17)10-11-22(28)26-14-15-30-24(29)13-12-23-27-16-21(31-23)19-4-2-3-5-20(19)25/h2-9,16H,10-15H2,1H3,(H,26,28). The highest BCUT2D eigenvalue weighted by atomic mass is 35.5. The fourth-order valence-electron chi connectivity index (χ4n) is 2.95. The van der Waals surface area contributed by atoms with Gasteiger partial charge in [0.05, 0.1) is 24.2 Å². The Hall–Kier alpha value is -3.12. The molecule has 0 bridgehead atoms. The van der Waals surface area contributed by atoms with Gasteiger partial charge in [0.15, 0.2) is 11.7 Å². The summed E-state index contributed by atoms with van der Waals surface area (Å²) in [5, 5.41) is 3.34. The number of halogens is 1. The van der Waals surface area contributed by atoms with Crippen LogP contribution in [0.5, 0.6) is 0 Å². The quantitative estimate of drug-likeness (QED) is 0.370. The van der Waals surface area contributed by atoms with E-state index in [0.717, 1.165) is 11.1 Å². The van der Waals surface area contributed by atoms with Gasteiger partial charge in [0.2, 0.25) is 5.91 Å². The third kappa shape index (κ3) is 7.26. The smallest absolute Gasteiger partial charge is 0.306 e. The van der Waals surface area contributed by atoms with Crippen molar-refractivity contribution in [2.75, 3.05) is 13.2 Å². The van der Waals surface area contributed by atoms with E-state index in [-0.39, 0.29) is 31.4 Å². The molecular formula is C24H25ClN2O4. The minimum atomic E-state index is -0.369. The molecule has 0 aliphatic rings. The summed E-state index contributed by atoms with van der Waals surface area (Å²) in [7, 11) is 0. The Morgan fingerprint density at radius 3 is 2.61 bits per heavy atom. The molecule has 0 atom stereocenters. The molecule has 0 saturated heterocycles. The number of oxazole rings is 1. The molecule has 0 spiro atoms. The van der Waals surface area contributed by atoms with E-state index in [0.29, 0.717) is 35.9 Å².